The van der Waals surface area contributed by atoms with Gasteiger partial charge in [0.05, 0.1) is 0 Å². The van der Waals surface area contributed by atoms with Crippen molar-refractivity contribution in [1.29, 1.82) is 0 Å². The first-order valence-corrected chi connectivity index (χ1v) is 7.57. The summed E-state index contributed by atoms with van der Waals surface area (Å²) in [5.41, 5.74) is 3.28. The molecule has 3 rings (SSSR count). The molecule has 0 aliphatic heterocycles. The Morgan fingerprint density at radius 2 is 2.10 bits per heavy atom. The lowest BCUT2D eigenvalue weighted by atomic mass is 9.87. The number of hydrogen-bond acceptors (Lipinski definition) is 3. The third-order valence-electron chi connectivity index (χ3n) is 4.04. The average Bonchev–Trinajstić information content (AvgIpc) is 2.53. The molecule has 21 heavy (non-hydrogen) atoms. The summed E-state index contributed by atoms with van der Waals surface area (Å²) >= 11 is 0. The maximum Gasteiger partial charge on any atom is 0.159 e. The van der Waals surface area contributed by atoms with Gasteiger partial charge in [0.25, 0.3) is 0 Å². The molecule has 1 aromatic carbocycles. The molecule has 0 radical (unpaired) electrons. The van der Waals surface area contributed by atoms with Gasteiger partial charge < -0.3 is 5.32 Å². The van der Waals surface area contributed by atoms with Crippen LogP contribution in [0.5, 0.6) is 0 Å². The number of aryl methyl sites for hydroxylation is 1. The molecule has 1 aliphatic carbocycles. The molecule has 1 unspecified atom stereocenters. The zero-order valence-corrected chi connectivity index (χ0v) is 12.3. The highest BCUT2D eigenvalue weighted by Gasteiger charge is 2.20. The molecule has 1 aromatic heterocycles. The topological polar surface area (TPSA) is 37.8 Å². The Labute approximate surface area is 124 Å². The number of halogens is 1. The summed E-state index contributed by atoms with van der Waals surface area (Å²) in [7, 11) is 0. The Kier molecular flexibility index (Phi) is 4.25. The van der Waals surface area contributed by atoms with Gasteiger partial charge in [0, 0.05) is 17.5 Å². The number of rotatable bonds is 4. The Bertz CT molecular complexity index is 610. The minimum atomic E-state index is -0.233. The number of fused-ring (bicyclic) bond motifs is 1. The van der Waals surface area contributed by atoms with E-state index in [1.54, 1.807) is 12.1 Å². The van der Waals surface area contributed by atoms with Crippen molar-refractivity contribution in [3.8, 4) is 11.4 Å². The molecule has 1 aliphatic rings. The van der Waals surface area contributed by atoms with Crippen LogP contribution in [0, 0.1) is 11.7 Å². The van der Waals surface area contributed by atoms with E-state index in [2.05, 4.69) is 22.2 Å². The number of benzene rings is 1. The lowest BCUT2D eigenvalue weighted by Gasteiger charge is -2.24. The molecule has 4 heteroatoms. The Morgan fingerprint density at radius 3 is 2.86 bits per heavy atom. The zero-order chi connectivity index (χ0) is 14.7. The molecule has 1 heterocycles. The van der Waals surface area contributed by atoms with Crippen molar-refractivity contribution in [2.45, 2.75) is 26.2 Å². The van der Waals surface area contributed by atoms with E-state index < -0.39 is 0 Å². The predicted molar refractivity (Wildman–Crippen MR) is 81.5 cm³/mol. The van der Waals surface area contributed by atoms with E-state index >= 15 is 0 Å². The molecule has 2 aromatic rings. The molecule has 0 saturated heterocycles. The molecule has 1 atom stereocenters. The monoisotopic (exact) mass is 285 g/mol. The average molecular weight is 285 g/mol. The largest absolute Gasteiger partial charge is 0.317 e. The lowest BCUT2D eigenvalue weighted by molar-refractivity contribution is 0.425. The van der Waals surface area contributed by atoms with Crippen LogP contribution in [0.3, 0.4) is 0 Å². The minimum absolute atomic E-state index is 0.233. The fourth-order valence-corrected chi connectivity index (χ4v) is 2.84. The number of nitrogens with one attached hydrogen (secondary N) is 1. The Morgan fingerprint density at radius 1 is 1.29 bits per heavy atom. The van der Waals surface area contributed by atoms with Crippen LogP contribution in [-0.4, -0.2) is 23.1 Å². The van der Waals surface area contributed by atoms with E-state index in [0.29, 0.717) is 11.7 Å². The van der Waals surface area contributed by atoms with Crippen molar-refractivity contribution in [2.24, 2.45) is 5.92 Å². The molecule has 0 bridgehead atoms. The van der Waals surface area contributed by atoms with Gasteiger partial charge in [0.1, 0.15) is 5.82 Å². The summed E-state index contributed by atoms with van der Waals surface area (Å²) in [6.07, 6.45) is 5.16. The predicted octanol–water partition coefficient (Wildman–Crippen LogP) is 3.00. The Hall–Kier alpha value is -1.81. The van der Waals surface area contributed by atoms with Gasteiger partial charge in [-0.15, -0.1) is 0 Å². The van der Waals surface area contributed by atoms with E-state index in [-0.39, 0.29) is 5.82 Å². The molecular formula is C17H20FN3. The van der Waals surface area contributed by atoms with Gasteiger partial charge in [0.15, 0.2) is 5.82 Å². The maximum atomic E-state index is 13.0. The van der Waals surface area contributed by atoms with Crippen LogP contribution in [0.1, 0.15) is 24.6 Å². The first-order valence-electron chi connectivity index (χ1n) is 7.57. The van der Waals surface area contributed by atoms with Crippen molar-refractivity contribution >= 4 is 0 Å². The number of aromatic nitrogens is 2. The maximum absolute atomic E-state index is 13.0. The van der Waals surface area contributed by atoms with Crippen molar-refractivity contribution in [3.05, 3.63) is 47.5 Å². The zero-order valence-electron chi connectivity index (χ0n) is 12.3. The molecule has 0 spiro atoms. The fraction of sp³-hybridized carbons (Fsp3) is 0.412. The first kappa shape index (κ1) is 14.1. The highest BCUT2D eigenvalue weighted by molar-refractivity contribution is 5.55. The molecule has 3 nitrogen and oxygen atoms in total. The van der Waals surface area contributed by atoms with Gasteiger partial charge in [-0.25, -0.2) is 14.4 Å². The first-order chi connectivity index (χ1) is 10.3. The third-order valence-corrected chi connectivity index (χ3v) is 4.04. The van der Waals surface area contributed by atoms with Crippen molar-refractivity contribution < 1.29 is 4.39 Å². The normalized spacial score (nSPS) is 17.5. The van der Waals surface area contributed by atoms with Crippen LogP contribution in [0.2, 0.25) is 0 Å². The summed E-state index contributed by atoms with van der Waals surface area (Å²) in [5.74, 6) is 1.14. The molecule has 0 fully saturated rings. The van der Waals surface area contributed by atoms with E-state index in [1.165, 1.54) is 24.1 Å². The second-order valence-corrected chi connectivity index (χ2v) is 5.59. The number of nitrogens with zero attached hydrogens (tertiary/aromatic N) is 2. The summed E-state index contributed by atoms with van der Waals surface area (Å²) in [6.45, 7) is 4.22. The van der Waals surface area contributed by atoms with Gasteiger partial charge in [0.2, 0.25) is 0 Å². The third kappa shape index (κ3) is 3.27. The van der Waals surface area contributed by atoms with E-state index in [9.17, 15) is 4.39 Å². The van der Waals surface area contributed by atoms with Crippen LogP contribution in [0.25, 0.3) is 11.4 Å². The fourth-order valence-electron chi connectivity index (χ4n) is 2.84. The van der Waals surface area contributed by atoms with Crippen molar-refractivity contribution in [1.82, 2.24) is 15.3 Å². The quantitative estimate of drug-likeness (QED) is 0.938. The van der Waals surface area contributed by atoms with Crippen LogP contribution < -0.4 is 5.32 Å². The van der Waals surface area contributed by atoms with Gasteiger partial charge in [-0.1, -0.05) is 6.92 Å². The standard InChI is InChI=1S/C17H20FN3/c1-2-19-10-12-3-8-16-14(9-12)11-20-17(21-16)13-4-6-15(18)7-5-13/h4-7,11-12,19H,2-3,8-10H2,1H3. The van der Waals surface area contributed by atoms with Crippen LogP contribution in [0.4, 0.5) is 4.39 Å². The molecular weight excluding hydrogens is 265 g/mol. The van der Waals surface area contributed by atoms with Gasteiger partial charge in [-0.2, -0.15) is 0 Å². The van der Waals surface area contributed by atoms with E-state index in [0.717, 1.165) is 37.2 Å². The molecule has 1 N–H and O–H groups in total. The van der Waals surface area contributed by atoms with Crippen molar-refractivity contribution in [3.63, 3.8) is 0 Å². The molecule has 0 amide bonds. The second kappa shape index (κ2) is 6.31. The van der Waals surface area contributed by atoms with Gasteiger partial charge in [-0.3, -0.25) is 0 Å². The van der Waals surface area contributed by atoms with Gasteiger partial charge in [-0.05, 0) is 68.1 Å². The van der Waals surface area contributed by atoms with Gasteiger partial charge >= 0.3 is 0 Å². The summed E-state index contributed by atoms with van der Waals surface area (Å²) < 4.78 is 13.0. The second-order valence-electron chi connectivity index (χ2n) is 5.59. The Balaban J connectivity index is 1.78. The van der Waals surface area contributed by atoms with Crippen LogP contribution in [-0.2, 0) is 12.8 Å². The smallest absolute Gasteiger partial charge is 0.159 e. The molecule has 110 valence electrons. The highest BCUT2D eigenvalue weighted by Crippen LogP contribution is 2.25. The summed E-state index contributed by atoms with van der Waals surface area (Å²) in [5, 5.41) is 3.41. The minimum Gasteiger partial charge on any atom is -0.317 e. The lowest BCUT2D eigenvalue weighted by Crippen LogP contribution is -2.27. The SMILES string of the molecule is CCNCC1CCc2nc(-c3ccc(F)cc3)ncc2C1. The van der Waals surface area contributed by atoms with E-state index in [4.69, 9.17) is 0 Å². The molecule has 0 saturated carbocycles. The van der Waals surface area contributed by atoms with Crippen molar-refractivity contribution in [2.75, 3.05) is 13.1 Å². The van der Waals surface area contributed by atoms with Crippen LogP contribution in [0.15, 0.2) is 30.5 Å². The highest BCUT2D eigenvalue weighted by atomic mass is 19.1. The van der Waals surface area contributed by atoms with Crippen LogP contribution >= 0.6 is 0 Å². The number of hydrogen-bond donors (Lipinski definition) is 1. The van der Waals surface area contributed by atoms with E-state index in [1.807, 2.05) is 6.20 Å². The summed E-state index contributed by atoms with van der Waals surface area (Å²) in [6, 6.07) is 6.36. The summed E-state index contributed by atoms with van der Waals surface area (Å²) in [4.78, 5) is 9.13.